The molecule has 0 unspecified atom stereocenters. The number of alkyl carbamates (subject to hydrolysis) is 1. The highest BCUT2D eigenvalue weighted by atomic mass is 16.6. The van der Waals surface area contributed by atoms with E-state index >= 15 is 0 Å². The highest BCUT2D eigenvalue weighted by Crippen LogP contribution is 2.38. The first-order valence-corrected chi connectivity index (χ1v) is 6.48. The van der Waals surface area contributed by atoms with Gasteiger partial charge in [0.05, 0.1) is 0 Å². The van der Waals surface area contributed by atoms with Crippen LogP contribution in [0, 0.1) is 0 Å². The molecule has 1 N–H and O–H groups in total. The Morgan fingerprint density at radius 2 is 2.00 bits per heavy atom. The maximum absolute atomic E-state index is 11.6. The molecule has 0 aromatic carbocycles. The lowest BCUT2D eigenvalue weighted by molar-refractivity contribution is -0.186. The van der Waals surface area contributed by atoms with Gasteiger partial charge in [-0.05, 0) is 46.5 Å². The number of carbonyl (C=O) groups is 2. The first-order valence-electron chi connectivity index (χ1n) is 6.48. The maximum Gasteiger partial charge on any atom is 0.407 e. The number of Topliss-reactive ketones (excluding diaryl/α,β-unsaturated/α-hetero) is 1. The smallest absolute Gasteiger partial charge is 0.407 e. The number of ether oxygens (including phenoxy) is 2. The summed E-state index contributed by atoms with van der Waals surface area (Å²) in [5.41, 5.74) is -1.00. The van der Waals surface area contributed by atoms with Crippen LogP contribution in [0.15, 0.2) is 0 Å². The number of amides is 1. The van der Waals surface area contributed by atoms with Crippen LogP contribution in [0.5, 0.6) is 0 Å². The summed E-state index contributed by atoms with van der Waals surface area (Å²) in [5, 5.41) is 2.85. The normalized spacial score (nSPS) is 31.9. The van der Waals surface area contributed by atoms with Gasteiger partial charge in [0.2, 0.25) is 0 Å². The van der Waals surface area contributed by atoms with Gasteiger partial charge in [0, 0.05) is 6.04 Å². The van der Waals surface area contributed by atoms with Crippen LogP contribution < -0.4 is 5.32 Å². The Kier molecular flexibility index (Phi) is 3.36. The summed E-state index contributed by atoms with van der Waals surface area (Å²) in [6.07, 6.45) is 2.55. The van der Waals surface area contributed by atoms with Crippen LogP contribution in [-0.4, -0.2) is 35.7 Å². The average Bonchev–Trinajstić information content (AvgIpc) is 2.25. The molecule has 2 fully saturated rings. The lowest BCUT2D eigenvalue weighted by Gasteiger charge is -2.44. The van der Waals surface area contributed by atoms with Gasteiger partial charge in [0.15, 0.2) is 5.78 Å². The van der Waals surface area contributed by atoms with E-state index in [9.17, 15) is 9.59 Å². The molecular formula is C13H21NO4. The third-order valence-corrected chi connectivity index (χ3v) is 3.50. The number of hydrogen-bond acceptors (Lipinski definition) is 4. The molecule has 0 aromatic rings. The van der Waals surface area contributed by atoms with E-state index in [4.69, 9.17) is 9.47 Å². The van der Waals surface area contributed by atoms with Crippen LogP contribution in [-0.2, 0) is 14.3 Å². The third-order valence-electron chi connectivity index (χ3n) is 3.50. The van der Waals surface area contributed by atoms with E-state index in [2.05, 4.69) is 5.32 Å². The highest BCUT2D eigenvalue weighted by molar-refractivity contribution is 5.93. The molecule has 2 aliphatic rings. The SMILES string of the molecule is CC(C)(C)OC(=O)NC1CCC2(CC1)OCC2=O. The molecule has 1 aliphatic heterocycles. The Balaban J connectivity index is 1.77. The van der Waals surface area contributed by atoms with Gasteiger partial charge >= 0.3 is 6.09 Å². The van der Waals surface area contributed by atoms with Crippen molar-refractivity contribution in [3.8, 4) is 0 Å². The molecule has 1 saturated heterocycles. The highest BCUT2D eigenvalue weighted by Gasteiger charge is 2.49. The lowest BCUT2D eigenvalue weighted by Crippen LogP contribution is -2.58. The summed E-state index contributed by atoms with van der Waals surface area (Å²) >= 11 is 0. The summed E-state index contributed by atoms with van der Waals surface area (Å²) in [6, 6.07) is 0.0856. The van der Waals surface area contributed by atoms with E-state index in [1.54, 1.807) is 0 Å². The van der Waals surface area contributed by atoms with Crippen molar-refractivity contribution in [2.24, 2.45) is 0 Å². The molecule has 1 saturated carbocycles. The molecule has 1 spiro atoms. The van der Waals surface area contributed by atoms with Crippen molar-refractivity contribution in [1.29, 1.82) is 0 Å². The number of rotatable bonds is 1. The third kappa shape index (κ3) is 2.83. The summed E-state index contributed by atoms with van der Waals surface area (Å²) in [4.78, 5) is 23.1. The molecule has 18 heavy (non-hydrogen) atoms. The predicted octanol–water partition coefficient (Wildman–Crippen LogP) is 1.79. The maximum atomic E-state index is 11.6. The second-order valence-electron chi connectivity index (χ2n) is 6.13. The van der Waals surface area contributed by atoms with Crippen LogP contribution in [0.1, 0.15) is 46.5 Å². The molecule has 2 rings (SSSR count). The number of hydrogen-bond donors (Lipinski definition) is 1. The van der Waals surface area contributed by atoms with Gasteiger partial charge in [-0.15, -0.1) is 0 Å². The van der Waals surface area contributed by atoms with Crippen LogP contribution in [0.4, 0.5) is 4.79 Å². The van der Waals surface area contributed by atoms with Crippen molar-refractivity contribution >= 4 is 11.9 Å². The van der Waals surface area contributed by atoms with Gasteiger partial charge in [-0.3, -0.25) is 4.79 Å². The zero-order valence-electron chi connectivity index (χ0n) is 11.2. The van der Waals surface area contributed by atoms with Gasteiger partial charge < -0.3 is 14.8 Å². The molecule has 1 aliphatic carbocycles. The standard InChI is InChI=1S/C13H21NO4/c1-12(2,3)18-11(16)14-9-4-6-13(7-5-9)10(15)8-17-13/h9H,4-8H2,1-3H3,(H,14,16). The van der Waals surface area contributed by atoms with Gasteiger partial charge in [-0.25, -0.2) is 4.79 Å². The van der Waals surface area contributed by atoms with Crippen molar-refractivity contribution in [2.75, 3.05) is 6.61 Å². The van der Waals surface area contributed by atoms with E-state index in [0.717, 1.165) is 12.8 Å². The zero-order chi connectivity index (χ0) is 13.4. The minimum absolute atomic E-state index is 0.0856. The predicted molar refractivity (Wildman–Crippen MR) is 65.3 cm³/mol. The largest absolute Gasteiger partial charge is 0.444 e. The Bertz CT molecular complexity index is 350. The summed E-state index contributed by atoms with van der Waals surface area (Å²) in [7, 11) is 0. The van der Waals surface area contributed by atoms with Crippen LogP contribution in [0.25, 0.3) is 0 Å². The molecule has 0 bridgehead atoms. The molecule has 0 radical (unpaired) electrons. The molecule has 102 valence electrons. The van der Waals surface area contributed by atoms with Crippen LogP contribution >= 0.6 is 0 Å². The minimum atomic E-state index is -0.522. The second-order valence-corrected chi connectivity index (χ2v) is 6.13. The topological polar surface area (TPSA) is 64.6 Å². The van der Waals surface area contributed by atoms with Crippen LogP contribution in [0.3, 0.4) is 0 Å². The lowest BCUT2D eigenvalue weighted by atomic mass is 9.76. The first-order chi connectivity index (χ1) is 8.31. The quantitative estimate of drug-likeness (QED) is 0.776. The molecular weight excluding hydrogens is 234 g/mol. The Morgan fingerprint density at radius 3 is 2.39 bits per heavy atom. The van der Waals surface area contributed by atoms with Crippen LogP contribution in [0.2, 0.25) is 0 Å². The zero-order valence-corrected chi connectivity index (χ0v) is 11.2. The summed E-state index contributed by atoms with van der Waals surface area (Å²) in [5.74, 6) is 0.207. The van der Waals surface area contributed by atoms with Crippen molar-refractivity contribution in [3.63, 3.8) is 0 Å². The monoisotopic (exact) mass is 255 g/mol. The van der Waals surface area contributed by atoms with E-state index in [1.807, 2.05) is 20.8 Å². The molecule has 5 heteroatoms. The Hall–Kier alpha value is -1.10. The molecule has 1 amide bonds. The molecule has 5 nitrogen and oxygen atoms in total. The van der Waals surface area contributed by atoms with Gasteiger partial charge in [0.1, 0.15) is 17.8 Å². The van der Waals surface area contributed by atoms with Crippen molar-refractivity contribution in [3.05, 3.63) is 0 Å². The molecule has 0 atom stereocenters. The van der Waals surface area contributed by atoms with E-state index in [-0.39, 0.29) is 24.5 Å². The van der Waals surface area contributed by atoms with Gasteiger partial charge in [-0.1, -0.05) is 0 Å². The Morgan fingerprint density at radius 1 is 1.39 bits per heavy atom. The van der Waals surface area contributed by atoms with E-state index in [1.165, 1.54) is 0 Å². The average molecular weight is 255 g/mol. The second kappa shape index (κ2) is 4.53. The van der Waals surface area contributed by atoms with E-state index < -0.39 is 11.2 Å². The fourth-order valence-corrected chi connectivity index (χ4v) is 2.46. The van der Waals surface area contributed by atoms with Crippen molar-refractivity contribution in [2.45, 2.75) is 63.7 Å². The van der Waals surface area contributed by atoms with Gasteiger partial charge in [-0.2, -0.15) is 0 Å². The minimum Gasteiger partial charge on any atom is -0.444 e. The fraction of sp³-hybridized carbons (Fsp3) is 0.846. The fourth-order valence-electron chi connectivity index (χ4n) is 2.46. The summed E-state index contributed by atoms with van der Waals surface area (Å²) < 4.78 is 10.6. The number of nitrogens with one attached hydrogen (secondary N) is 1. The molecule has 0 aromatic heterocycles. The van der Waals surface area contributed by atoms with Crippen molar-refractivity contribution < 1.29 is 19.1 Å². The van der Waals surface area contributed by atoms with Gasteiger partial charge in [0.25, 0.3) is 0 Å². The van der Waals surface area contributed by atoms with Crippen molar-refractivity contribution in [1.82, 2.24) is 5.32 Å². The summed E-state index contributed by atoms with van der Waals surface area (Å²) in [6.45, 7) is 5.76. The Labute approximate surface area is 107 Å². The number of ketones is 1. The number of carbonyl (C=O) groups excluding carboxylic acids is 2. The first kappa shape index (κ1) is 13.3. The molecule has 1 heterocycles. The van der Waals surface area contributed by atoms with E-state index in [0.29, 0.717) is 12.8 Å².